The van der Waals surface area contributed by atoms with Crippen LogP contribution in [0.25, 0.3) is 0 Å². The Morgan fingerprint density at radius 2 is 1.63 bits per heavy atom. The highest BCUT2D eigenvalue weighted by Gasteiger charge is 2.59. The molecule has 0 aliphatic carbocycles. The van der Waals surface area contributed by atoms with E-state index in [0.29, 0.717) is 11.6 Å². The minimum absolute atomic E-state index is 0.164. The van der Waals surface area contributed by atoms with E-state index in [1.165, 1.54) is 4.90 Å². The summed E-state index contributed by atoms with van der Waals surface area (Å²) in [4.78, 5) is 33.8. The Balaban J connectivity index is 1.71. The first kappa shape index (κ1) is 17.7. The van der Waals surface area contributed by atoms with Crippen LogP contribution in [-0.4, -0.2) is 24.0 Å². The summed E-state index contributed by atoms with van der Waals surface area (Å²) >= 11 is 0. The number of fused-ring (bicyclic) bond motifs is 1. The normalized spacial score (nSPS) is 24.8. The van der Waals surface area contributed by atoms with Crippen LogP contribution in [-0.2, 0) is 14.4 Å². The Bertz CT molecular complexity index is 865. The Labute approximate surface area is 159 Å². The average Bonchev–Trinajstić information content (AvgIpc) is 3.13. The van der Waals surface area contributed by atoms with Gasteiger partial charge in [0.05, 0.1) is 23.3 Å². The van der Waals surface area contributed by atoms with Crippen LogP contribution in [0, 0.1) is 18.8 Å². The van der Waals surface area contributed by atoms with Crippen molar-refractivity contribution < 1.29 is 14.4 Å². The molecule has 0 bridgehead atoms. The van der Waals surface area contributed by atoms with E-state index in [1.807, 2.05) is 61.5 Å². The van der Waals surface area contributed by atoms with Gasteiger partial charge in [0, 0.05) is 0 Å². The first-order chi connectivity index (χ1) is 13.0. The SMILES string of the molecule is Cc1ccccc1N1C(=O)C2ON(c3ccccc3)C(CC(C)C)C2C1=O. The molecule has 140 valence electrons. The molecule has 2 heterocycles. The van der Waals surface area contributed by atoms with E-state index in [-0.39, 0.29) is 17.9 Å². The second-order valence-electron chi connectivity index (χ2n) is 7.71. The number of imide groups is 1. The standard InChI is InChI=1S/C22H24N2O3/c1-14(2)13-18-19-20(27-24(18)16-10-5-4-6-11-16)22(26)23(21(19)25)17-12-8-7-9-15(17)3/h4-12,14,18-20H,13H2,1-3H3. The van der Waals surface area contributed by atoms with E-state index >= 15 is 0 Å². The molecule has 3 atom stereocenters. The third-order valence-electron chi connectivity index (χ3n) is 5.32. The lowest BCUT2D eigenvalue weighted by Gasteiger charge is -2.29. The molecule has 5 nitrogen and oxygen atoms in total. The third kappa shape index (κ3) is 2.92. The summed E-state index contributed by atoms with van der Waals surface area (Å²) < 4.78 is 0. The third-order valence-corrected chi connectivity index (χ3v) is 5.32. The molecule has 0 N–H and O–H groups in total. The van der Waals surface area contributed by atoms with E-state index in [2.05, 4.69) is 13.8 Å². The number of anilines is 2. The van der Waals surface area contributed by atoms with Crippen molar-refractivity contribution in [1.29, 1.82) is 0 Å². The average molecular weight is 364 g/mol. The molecule has 2 amide bonds. The van der Waals surface area contributed by atoms with Gasteiger partial charge in [0.2, 0.25) is 5.91 Å². The van der Waals surface area contributed by atoms with Crippen molar-refractivity contribution >= 4 is 23.2 Å². The fraction of sp³-hybridized carbons (Fsp3) is 0.364. The molecular weight excluding hydrogens is 340 g/mol. The number of benzene rings is 2. The lowest BCUT2D eigenvalue weighted by Crippen LogP contribution is -2.41. The predicted octanol–water partition coefficient (Wildman–Crippen LogP) is 3.72. The Hall–Kier alpha value is -2.66. The number of carbonyl (C=O) groups is 2. The minimum atomic E-state index is -0.763. The van der Waals surface area contributed by atoms with Crippen LogP contribution in [0.2, 0.25) is 0 Å². The molecule has 2 aromatic rings. The fourth-order valence-corrected chi connectivity index (χ4v) is 4.10. The van der Waals surface area contributed by atoms with Gasteiger partial charge in [-0.2, -0.15) is 0 Å². The second kappa shape index (κ2) is 6.82. The van der Waals surface area contributed by atoms with Gasteiger partial charge in [-0.1, -0.05) is 50.2 Å². The molecule has 4 rings (SSSR count). The summed E-state index contributed by atoms with van der Waals surface area (Å²) in [5.41, 5.74) is 2.43. The zero-order valence-electron chi connectivity index (χ0n) is 15.8. The molecule has 0 radical (unpaired) electrons. The number of nitrogens with zero attached hydrogens (tertiary/aromatic N) is 2. The van der Waals surface area contributed by atoms with Crippen LogP contribution in [0.1, 0.15) is 25.8 Å². The molecule has 27 heavy (non-hydrogen) atoms. The Morgan fingerprint density at radius 3 is 2.30 bits per heavy atom. The number of rotatable bonds is 4. The van der Waals surface area contributed by atoms with Crippen LogP contribution >= 0.6 is 0 Å². The highest BCUT2D eigenvalue weighted by atomic mass is 16.7. The second-order valence-corrected chi connectivity index (χ2v) is 7.71. The Kier molecular flexibility index (Phi) is 4.48. The van der Waals surface area contributed by atoms with E-state index in [0.717, 1.165) is 17.7 Å². The minimum Gasteiger partial charge on any atom is -0.273 e. The van der Waals surface area contributed by atoms with E-state index in [9.17, 15) is 9.59 Å². The van der Waals surface area contributed by atoms with Crippen molar-refractivity contribution in [2.24, 2.45) is 11.8 Å². The number of aryl methyl sites for hydroxylation is 1. The summed E-state index contributed by atoms with van der Waals surface area (Å²) in [6.07, 6.45) is 0.0116. The largest absolute Gasteiger partial charge is 0.273 e. The number of hydrogen-bond donors (Lipinski definition) is 0. The molecule has 0 spiro atoms. The predicted molar refractivity (Wildman–Crippen MR) is 104 cm³/mol. The number of para-hydroxylation sites is 2. The molecule has 2 aliphatic heterocycles. The molecule has 0 aromatic heterocycles. The van der Waals surface area contributed by atoms with Gasteiger partial charge in [0.15, 0.2) is 6.10 Å². The van der Waals surface area contributed by atoms with E-state index in [1.54, 1.807) is 5.06 Å². The summed E-state index contributed by atoms with van der Waals surface area (Å²) in [6, 6.07) is 17.0. The topological polar surface area (TPSA) is 49.9 Å². The Morgan fingerprint density at radius 1 is 0.963 bits per heavy atom. The fourth-order valence-electron chi connectivity index (χ4n) is 4.10. The van der Waals surface area contributed by atoms with Gasteiger partial charge in [-0.15, -0.1) is 0 Å². The van der Waals surface area contributed by atoms with Crippen molar-refractivity contribution in [3.63, 3.8) is 0 Å². The van der Waals surface area contributed by atoms with Crippen molar-refractivity contribution in [3.8, 4) is 0 Å². The highest BCUT2D eigenvalue weighted by Crippen LogP contribution is 2.42. The van der Waals surface area contributed by atoms with Gasteiger partial charge in [-0.25, -0.2) is 9.96 Å². The summed E-state index contributed by atoms with van der Waals surface area (Å²) in [5, 5.41) is 1.78. The van der Waals surface area contributed by atoms with Crippen LogP contribution in [0.4, 0.5) is 11.4 Å². The quantitative estimate of drug-likeness (QED) is 0.776. The molecule has 0 saturated carbocycles. The zero-order valence-corrected chi connectivity index (χ0v) is 15.8. The van der Waals surface area contributed by atoms with Crippen LogP contribution in [0.3, 0.4) is 0 Å². The summed E-state index contributed by atoms with van der Waals surface area (Å²) in [6.45, 7) is 6.15. The number of hydrogen-bond acceptors (Lipinski definition) is 4. The number of carbonyl (C=O) groups excluding carboxylic acids is 2. The maximum absolute atomic E-state index is 13.3. The number of amides is 2. The van der Waals surface area contributed by atoms with E-state index in [4.69, 9.17) is 4.84 Å². The smallest absolute Gasteiger partial charge is 0.266 e. The summed E-state index contributed by atoms with van der Waals surface area (Å²) in [5.74, 6) is -0.548. The number of hydroxylamine groups is 1. The first-order valence-corrected chi connectivity index (χ1v) is 9.43. The van der Waals surface area contributed by atoms with Crippen LogP contribution < -0.4 is 9.96 Å². The van der Waals surface area contributed by atoms with Gasteiger partial charge in [-0.05, 0) is 43.0 Å². The van der Waals surface area contributed by atoms with Crippen molar-refractivity contribution in [1.82, 2.24) is 0 Å². The van der Waals surface area contributed by atoms with Crippen molar-refractivity contribution in [3.05, 3.63) is 60.2 Å². The lowest BCUT2D eigenvalue weighted by molar-refractivity contribution is -0.126. The van der Waals surface area contributed by atoms with Crippen LogP contribution in [0.5, 0.6) is 0 Å². The first-order valence-electron chi connectivity index (χ1n) is 9.43. The maximum atomic E-state index is 13.3. The molecule has 3 unspecified atom stereocenters. The van der Waals surface area contributed by atoms with Gasteiger partial charge in [0.1, 0.15) is 0 Å². The molecule has 2 aromatic carbocycles. The molecule has 2 fully saturated rings. The molecule has 5 heteroatoms. The zero-order chi connectivity index (χ0) is 19.1. The van der Waals surface area contributed by atoms with Crippen molar-refractivity contribution in [2.45, 2.75) is 39.3 Å². The maximum Gasteiger partial charge on any atom is 0.266 e. The van der Waals surface area contributed by atoms with E-state index < -0.39 is 12.0 Å². The van der Waals surface area contributed by atoms with Gasteiger partial charge in [0.25, 0.3) is 5.91 Å². The molecule has 2 saturated heterocycles. The van der Waals surface area contributed by atoms with Gasteiger partial charge >= 0.3 is 0 Å². The monoisotopic (exact) mass is 364 g/mol. The highest BCUT2D eigenvalue weighted by molar-refractivity contribution is 6.24. The molecular formula is C22H24N2O3. The van der Waals surface area contributed by atoms with Gasteiger partial charge in [-0.3, -0.25) is 14.4 Å². The van der Waals surface area contributed by atoms with Crippen molar-refractivity contribution in [2.75, 3.05) is 9.96 Å². The summed E-state index contributed by atoms with van der Waals surface area (Å²) in [7, 11) is 0. The molecule has 2 aliphatic rings. The van der Waals surface area contributed by atoms with Crippen LogP contribution in [0.15, 0.2) is 54.6 Å². The lowest BCUT2D eigenvalue weighted by atomic mass is 9.90. The van der Waals surface area contributed by atoms with Gasteiger partial charge < -0.3 is 0 Å².